The van der Waals surface area contributed by atoms with Crippen molar-refractivity contribution in [2.24, 2.45) is 5.41 Å². The lowest BCUT2D eigenvalue weighted by molar-refractivity contribution is 0.0853. The minimum Gasteiger partial charge on any atom is -0.438 e. The van der Waals surface area contributed by atoms with Gasteiger partial charge in [-0.3, -0.25) is 10.2 Å². The molecule has 0 bridgehead atoms. The van der Waals surface area contributed by atoms with Crippen LogP contribution in [0.15, 0.2) is 46.9 Å². The van der Waals surface area contributed by atoms with E-state index < -0.39 is 5.41 Å². The zero-order valence-corrected chi connectivity index (χ0v) is 12.4. The average molecular weight is 279 g/mol. The number of rotatable bonds is 1. The summed E-state index contributed by atoms with van der Waals surface area (Å²) in [6.07, 6.45) is 0. The fourth-order valence-electron chi connectivity index (χ4n) is 2.46. The summed E-state index contributed by atoms with van der Waals surface area (Å²) in [5, 5.41) is 11.0. The average Bonchev–Trinajstić information content (AvgIpc) is 2.44. The van der Waals surface area contributed by atoms with Gasteiger partial charge in [-0.1, -0.05) is 51.1 Å². The van der Waals surface area contributed by atoms with Gasteiger partial charge in [-0.05, 0) is 22.9 Å². The molecule has 0 spiro atoms. The Labute approximate surface area is 122 Å². The summed E-state index contributed by atoms with van der Waals surface area (Å²) in [5.74, 6) is -0.0777. The van der Waals surface area contributed by atoms with Crippen molar-refractivity contribution in [3.63, 3.8) is 0 Å². The lowest BCUT2D eigenvalue weighted by Crippen LogP contribution is -2.26. The summed E-state index contributed by atoms with van der Waals surface area (Å²) in [6, 6.07) is 13.6. The fourth-order valence-corrected chi connectivity index (χ4v) is 2.46. The molecule has 3 heteroatoms. The van der Waals surface area contributed by atoms with Crippen molar-refractivity contribution in [3.05, 3.63) is 53.6 Å². The highest BCUT2D eigenvalue weighted by molar-refractivity contribution is 6.08. The predicted octanol–water partition coefficient (Wildman–Crippen LogP) is 4.29. The molecular weight excluding hydrogens is 262 g/mol. The Morgan fingerprint density at radius 1 is 1.05 bits per heavy atom. The van der Waals surface area contributed by atoms with E-state index in [0.29, 0.717) is 11.1 Å². The van der Waals surface area contributed by atoms with Gasteiger partial charge < -0.3 is 4.42 Å². The van der Waals surface area contributed by atoms with Crippen molar-refractivity contribution in [2.75, 3.05) is 0 Å². The maximum Gasteiger partial charge on any atom is 0.222 e. The second-order valence-corrected chi connectivity index (χ2v) is 6.27. The molecule has 0 aliphatic carbocycles. The first-order chi connectivity index (χ1) is 9.88. The SMILES string of the molecule is CC(C)(C)C(=O)c1cc2c(ccc3ccccc32)oc1=N. The number of hydrogen-bond acceptors (Lipinski definition) is 3. The monoisotopic (exact) mass is 279 g/mol. The van der Waals surface area contributed by atoms with Crippen LogP contribution >= 0.6 is 0 Å². The predicted molar refractivity (Wildman–Crippen MR) is 83.4 cm³/mol. The Hall–Kier alpha value is -2.42. The number of benzene rings is 2. The smallest absolute Gasteiger partial charge is 0.222 e. The van der Waals surface area contributed by atoms with E-state index in [1.54, 1.807) is 6.07 Å². The molecule has 0 atom stereocenters. The summed E-state index contributed by atoms with van der Waals surface area (Å²) in [6.45, 7) is 5.55. The van der Waals surface area contributed by atoms with Gasteiger partial charge in [-0.2, -0.15) is 0 Å². The summed E-state index contributed by atoms with van der Waals surface area (Å²) in [5.41, 5.74) is 0.358. The van der Waals surface area contributed by atoms with Crippen molar-refractivity contribution in [1.82, 2.24) is 0 Å². The molecule has 106 valence electrons. The van der Waals surface area contributed by atoms with Crippen molar-refractivity contribution in [1.29, 1.82) is 5.41 Å². The molecule has 1 heterocycles. The van der Waals surface area contributed by atoms with Crippen LogP contribution in [0.1, 0.15) is 31.1 Å². The van der Waals surface area contributed by atoms with Gasteiger partial charge in [0, 0.05) is 10.8 Å². The molecule has 0 saturated heterocycles. The molecule has 0 saturated carbocycles. The van der Waals surface area contributed by atoms with Crippen molar-refractivity contribution >= 4 is 27.5 Å². The van der Waals surface area contributed by atoms with Crippen LogP contribution in [0.25, 0.3) is 21.7 Å². The molecule has 21 heavy (non-hydrogen) atoms. The normalized spacial score (nSPS) is 12.0. The standard InChI is InChI=1S/C18H17NO2/c1-18(2,3)16(20)14-10-13-12-7-5-4-6-11(12)8-9-15(13)21-17(14)19/h4-10,19H,1-3H3. The lowest BCUT2D eigenvalue weighted by atomic mass is 9.86. The van der Waals surface area contributed by atoms with E-state index >= 15 is 0 Å². The molecular formula is C18H17NO2. The number of carbonyl (C=O) groups is 1. The minimum absolute atomic E-state index is 0.0716. The summed E-state index contributed by atoms with van der Waals surface area (Å²) >= 11 is 0. The molecule has 0 unspecified atom stereocenters. The van der Waals surface area contributed by atoms with Crippen LogP contribution in [0.2, 0.25) is 0 Å². The van der Waals surface area contributed by atoms with Gasteiger partial charge in [-0.15, -0.1) is 0 Å². The van der Waals surface area contributed by atoms with Gasteiger partial charge in [0.2, 0.25) is 5.55 Å². The molecule has 2 aromatic carbocycles. The third-order valence-electron chi connectivity index (χ3n) is 3.60. The molecule has 1 N–H and O–H groups in total. The van der Waals surface area contributed by atoms with Crippen LogP contribution < -0.4 is 5.55 Å². The third-order valence-corrected chi connectivity index (χ3v) is 3.60. The first kappa shape index (κ1) is 13.6. The van der Waals surface area contributed by atoms with Crippen LogP contribution in [0.4, 0.5) is 0 Å². The van der Waals surface area contributed by atoms with E-state index in [2.05, 4.69) is 0 Å². The quantitative estimate of drug-likeness (QED) is 0.533. The number of ketones is 1. The van der Waals surface area contributed by atoms with Crippen molar-refractivity contribution < 1.29 is 9.21 Å². The highest BCUT2D eigenvalue weighted by Gasteiger charge is 2.25. The second-order valence-electron chi connectivity index (χ2n) is 6.27. The fraction of sp³-hybridized carbons (Fsp3) is 0.222. The number of carbonyl (C=O) groups excluding carboxylic acids is 1. The zero-order chi connectivity index (χ0) is 15.2. The van der Waals surface area contributed by atoms with Crippen LogP contribution in [-0.4, -0.2) is 5.78 Å². The molecule has 0 aliphatic heterocycles. The third kappa shape index (κ3) is 2.25. The van der Waals surface area contributed by atoms with Gasteiger partial charge >= 0.3 is 0 Å². The summed E-state index contributed by atoms with van der Waals surface area (Å²) < 4.78 is 5.56. The maximum atomic E-state index is 12.5. The molecule has 0 radical (unpaired) electrons. The Morgan fingerprint density at radius 3 is 2.48 bits per heavy atom. The van der Waals surface area contributed by atoms with E-state index in [4.69, 9.17) is 9.83 Å². The van der Waals surface area contributed by atoms with Gasteiger partial charge in [0.1, 0.15) is 5.58 Å². The minimum atomic E-state index is -0.538. The first-order valence-electron chi connectivity index (χ1n) is 6.93. The summed E-state index contributed by atoms with van der Waals surface area (Å²) in [7, 11) is 0. The molecule has 3 nitrogen and oxygen atoms in total. The Bertz CT molecular complexity index is 914. The Balaban J connectivity index is 2.38. The second kappa shape index (κ2) is 4.55. The van der Waals surface area contributed by atoms with Crippen LogP contribution in [0.5, 0.6) is 0 Å². The van der Waals surface area contributed by atoms with Crippen molar-refractivity contribution in [2.45, 2.75) is 20.8 Å². The number of fused-ring (bicyclic) bond motifs is 3. The van der Waals surface area contributed by atoms with Crippen LogP contribution in [0.3, 0.4) is 0 Å². The molecule has 3 aromatic rings. The van der Waals surface area contributed by atoms with E-state index in [0.717, 1.165) is 16.2 Å². The van der Waals surface area contributed by atoms with E-state index in [9.17, 15) is 4.79 Å². The first-order valence-corrected chi connectivity index (χ1v) is 6.93. The van der Waals surface area contributed by atoms with Gasteiger partial charge in [0.25, 0.3) is 0 Å². The summed E-state index contributed by atoms with van der Waals surface area (Å²) in [4.78, 5) is 12.5. The topological polar surface area (TPSA) is 54.1 Å². The highest BCUT2D eigenvalue weighted by atomic mass is 16.3. The van der Waals surface area contributed by atoms with Gasteiger partial charge in [-0.25, -0.2) is 0 Å². The molecule has 0 amide bonds. The lowest BCUT2D eigenvalue weighted by Gasteiger charge is -2.16. The molecule has 3 rings (SSSR count). The zero-order valence-electron chi connectivity index (χ0n) is 12.4. The van der Waals surface area contributed by atoms with Gasteiger partial charge in [0.05, 0.1) is 5.56 Å². The van der Waals surface area contributed by atoms with Crippen molar-refractivity contribution in [3.8, 4) is 0 Å². The van der Waals surface area contributed by atoms with Gasteiger partial charge in [0.15, 0.2) is 5.78 Å². The largest absolute Gasteiger partial charge is 0.438 e. The Morgan fingerprint density at radius 2 is 1.76 bits per heavy atom. The van der Waals surface area contributed by atoms with Crippen LogP contribution in [0, 0.1) is 10.8 Å². The number of Topliss-reactive ketones (excluding diaryl/α,β-unsaturated/α-hetero) is 1. The van der Waals surface area contributed by atoms with E-state index in [1.807, 2.05) is 57.2 Å². The number of nitrogens with one attached hydrogen (secondary N) is 1. The maximum absolute atomic E-state index is 12.5. The number of hydrogen-bond donors (Lipinski definition) is 1. The van der Waals surface area contributed by atoms with Crippen LogP contribution in [-0.2, 0) is 0 Å². The highest BCUT2D eigenvalue weighted by Crippen LogP contribution is 2.27. The van der Waals surface area contributed by atoms with E-state index in [-0.39, 0.29) is 11.3 Å². The van der Waals surface area contributed by atoms with E-state index in [1.165, 1.54) is 0 Å². The molecule has 0 fully saturated rings. The Kier molecular flexibility index (Phi) is 2.94. The molecule has 0 aliphatic rings. The molecule has 1 aromatic heterocycles.